The third-order valence-corrected chi connectivity index (χ3v) is 4.19. The molecular weight excluding hydrogens is 334 g/mol. The summed E-state index contributed by atoms with van der Waals surface area (Å²) in [7, 11) is 0. The standard InChI is InChI=1S/C16H19NO8/c18-4-3-7-6-17-10-2-1-8(5-9(7)10)24-16-13(21)11(19)12(20)14(25-16)15(22)23/h1-2,5-6,11-14,16-21H,3-4H2,(H,22,23)/t11-,12-,13+,14-,16+/m0/s1. The van der Waals surface area contributed by atoms with E-state index in [0.717, 1.165) is 16.5 Å². The molecule has 0 aliphatic carbocycles. The number of nitrogens with one attached hydrogen (secondary N) is 1. The normalized spacial score (nSPS) is 29.7. The third kappa shape index (κ3) is 3.32. The summed E-state index contributed by atoms with van der Waals surface area (Å²) in [6.07, 6.45) is -6.09. The summed E-state index contributed by atoms with van der Waals surface area (Å²) in [4.78, 5) is 14.2. The summed E-state index contributed by atoms with van der Waals surface area (Å²) in [6.45, 7) is -0.0210. The zero-order valence-corrected chi connectivity index (χ0v) is 13.1. The first-order valence-corrected chi connectivity index (χ1v) is 7.72. The number of benzene rings is 1. The Kier molecular flexibility index (Phi) is 4.93. The lowest BCUT2D eigenvalue weighted by Gasteiger charge is -2.38. The van der Waals surface area contributed by atoms with Gasteiger partial charge in [0.2, 0.25) is 6.29 Å². The van der Waals surface area contributed by atoms with Crippen LogP contribution >= 0.6 is 0 Å². The topological polar surface area (TPSA) is 152 Å². The molecule has 25 heavy (non-hydrogen) atoms. The highest BCUT2D eigenvalue weighted by Gasteiger charge is 2.48. The Morgan fingerprint density at radius 2 is 1.96 bits per heavy atom. The summed E-state index contributed by atoms with van der Waals surface area (Å²) in [5, 5.41) is 48.4. The number of fused-ring (bicyclic) bond motifs is 1. The molecule has 2 heterocycles. The van der Waals surface area contributed by atoms with E-state index in [1.807, 2.05) is 0 Å². The number of hydrogen-bond acceptors (Lipinski definition) is 7. The van der Waals surface area contributed by atoms with E-state index in [-0.39, 0.29) is 12.4 Å². The highest BCUT2D eigenvalue weighted by molar-refractivity contribution is 5.84. The van der Waals surface area contributed by atoms with E-state index in [0.29, 0.717) is 6.42 Å². The zero-order valence-electron chi connectivity index (χ0n) is 13.1. The van der Waals surface area contributed by atoms with Gasteiger partial charge in [0.15, 0.2) is 6.10 Å². The van der Waals surface area contributed by atoms with Crippen LogP contribution in [-0.2, 0) is 16.0 Å². The average Bonchev–Trinajstić information content (AvgIpc) is 2.98. The summed E-state index contributed by atoms with van der Waals surface area (Å²) in [6, 6.07) is 4.96. The maximum atomic E-state index is 11.1. The van der Waals surface area contributed by atoms with E-state index < -0.39 is 36.7 Å². The number of carboxylic acid groups (broad SMARTS) is 1. The minimum Gasteiger partial charge on any atom is -0.479 e. The Bertz CT molecular complexity index is 760. The van der Waals surface area contributed by atoms with E-state index in [2.05, 4.69) is 4.98 Å². The van der Waals surface area contributed by atoms with Crippen molar-refractivity contribution in [3.8, 4) is 5.75 Å². The number of aromatic amines is 1. The molecule has 6 N–H and O–H groups in total. The summed E-state index contributed by atoms with van der Waals surface area (Å²) in [5.74, 6) is -1.19. The van der Waals surface area contributed by atoms with Gasteiger partial charge in [-0.3, -0.25) is 0 Å². The molecule has 3 rings (SSSR count). The lowest BCUT2D eigenvalue weighted by molar-refractivity contribution is -0.271. The number of ether oxygens (including phenoxy) is 2. The molecule has 9 heteroatoms. The second-order valence-electron chi connectivity index (χ2n) is 5.85. The molecule has 0 unspecified atom stereocenters. The Morgan fingerprint density at radius 1 is 1.20 bits per heavy atom. The Morgan fingerprint density at radius 3 is 2.64 bits per heavy atom. The fourth-order valence-corrected chi connectivity index (χ4v) is 2.84. The minimum atomic E-state index is -1.77. The number of carboxylic acids is 1. The van der Waals surface area contributed by atoms with Crippen molar-refractivity contribution in [1.29, 1.82) is 0 Å². The largest absolute Gasteiger partial charge is 0.479 e. The number of aliphatic hydroxyl groups excluding tert-OH is 4. The van der Waals surface area contributed by atoms with Crippen LogP contribution < -0.4 is 4.74 Å². The van der Waals surface area contributed by atoms with E-state index >= 15 is 0 Å². The molecule has 1 aliphatic heterocycles. The molecule has 136 valence electrons. The molecule has 5 atom stereocenters. The molecule has 0 radical (unpaired) electrons. The van der Waals surface area contributed by atoms with Crippen molar-refractivity contribution in [2.45, 2.75) is 37.1 Å². The Balaban J connectivity index is 1.84. The fourth-order valence-electron chi connectivity index (χ4n) is 2.84. The van der Waals surface area contributed by atoms with Gasteiger partial charge in [-0.2, -0.15) is 0 Å². The summed E-state index contributed by atoms with van der Waals surface area (Å²) < 4.78 is 10.6. The van der Waals surface area contributed by atoms with Gasteiger partial charge in [-0.1, -0.05) is 0 Å². The molecule has 1 aliphatic rings. The summed E-state index contributed by atoms with van der Waals surface area (Å²) in [5.41, 5.74) is 1.69. The molecule has 0 spiro atoms. The van der Waals surface area contributed by atoms with Crippen LogP contribution in [0, 0.1) is 0 Å². The van der Waals surface area contributed by atoms with Crippen LogP contribution in [0.3, 0.4) is 0 Å². The molecule has 1 fully saturated rings. The van der Waals surface area contributed by atoms with Crippen molar-refractivity contribution in [2.24, 2.45) is 0 Å². The van der Waals surface area contributed by atoms with Crippen LogP contribution in [0.15, 0.2) is 24.4 Å². The first-order valence-electron chi connectivity index (χ1n) is 7.72. The summed E-state index contributed by atoms with van der Waals surface area (Å²) >= 11 is 0. The van der Waals surface area contributed by atoms with Gasteiger partial charge in [0, 0.05) is 23.7 Å². The van der Waals surface area contributed by atoms with Gasteiger partial charge in [0.1, 0.15) is 24.1 Å². The molecule has 2 aromatic rings. The highest BCUT2D eigenvalue weighted by Crippen LogP contribution is 2.28. The Labute approximate surface area is 142 Å². The average molecular weight is 353 g/mol. The van der Waals surface area contributed by atoms with Crippen LogP contribution in [0.2, 0.25) is 0 Å². The van der Waals surface area contributed by atoms with Crippen molar-refractivity contribution >= 4 is 16.9 Å². The maximum Gasteiger partial charge on any atom is 0.335 e. The van der Waals surface area contributed by atoms with Gasteiger partial charge >= 0.3 is 5.97 Å². The molecular formula is C16H19NO8. The van der Waals surface area contributed by atoms with Gasteiger partial charge in [0.05, 0.1) is 0 Å². The van der Waals surface area contributed by atoms with E-state index in [1.54, 1.807) is 24.4 Å². The second kappa shape index (κ2) is 6.98. The lowest BCUT2D eigenvalue weighted by atomic mass is 9.99. The number of carbonyl (C=O) groups is 1. The number of hydrogen-bond donors (Lipinski definition) is 6. The SMILES string of the molecule is O=C(O)[C@H]1O[C@@H](Oc2ccc3[nH]cc(CCO)c3c2)[C@H](O)[C@@H](O)[C@@H]1O. The molecule has 0 bridgehead atoms. The molecule has 9 nitrogen and oxygen atoms in total. The van der Waals surface area contributed by atoms with Gasteiger partial charge in [-0.05, 0) is 30.2 Å². The smallest absolute Gasteiger partial charge is 0.335 e. The first kappa shape index (κ1) is 17.6. The van der Waals surface area contributed by atoms with Crippen LogP contribution in [0.25, 0.3) is 10.9 Å². The maximum absolute atomic E-state index is 11.1. The van der Waals surface area contributed by atoms with Crippen molar-refractivity contribution < 1.29 is 39.8 Å². The predicted octanol–water partition coefficient (Wildman–Crippen LogP) is -1.03. The quantitative estimate of drug-likeness (QED) is 0.399. The number of aliphatic hydroxyl groups is 4. The molecule has 1 aromatic carbocycles. The van der Waals surface area contributed by atoms with E-state index in [1.165, 1.54) is 0 Å². The van der Waals surface area contributed by atoms with Gasteiger partial charge < -0.3 is 40.0 Å². The lowest BCUT2D eigenvalue weighted by Crippen LogP contribution is -2.61. The van der Waals surface area contributed by atoms with Gasteiger partial charge in [0.25, 0.3) is 0 Å². The van der Waals surface area contributed by atoms with Crippen LogP contribution in [0.1, 0.15) is 5.56 Å². The molecule has 1 saturated heterocycles. The van der Waals surface area contributed by atoms with Crippen LogP contribution in [0.4, 0.5) is 0 Å². The van der Waals surface area contributed by atoms with Crippen molar-refractivity contribution in [3.05, 3.63) is 30.0 Å². The van der Waals surface area contributed by atoms with Gasteiger partial charge in [-0.15, -0.1) is 0 Å². The van der Waals surface area contributed by atoms with Gasteiger partial charge in [-0.25, -0.2) is 4.79 Å². The van der Waals surface area contributed by atoms with Crippen LogP contribution in [0.5, 0.6) is 5.75 Å². The first-order chi connectivity index (χ1) is 11.9. The fraction of sp³-hybridized carbons (Fsp3) is 0.438. The highest BCUT2D eigenvalue weighted by atomic mass is 16.7. The van der Waals surface area contributed by atoms with E-state index in [9.17, 15) is 20.1 Å². The molecule has 0 amide bonds. The van der Waals surface area contributed by atoms with Crippen LogP contribution in [-0.4, -0.2) is 73.8 Å². The number of rotatable bonds is 5. The predicted molar refractivity (Wildman–Crippen MR) is 84.0 cm³/mol. The molecule has 0 saturated carbocycles. The number of aromatic nitrogens is 1. The number of aliphatic carboxylic acids is 1. The van der Waals surface area contributed by atoms with E-state index in [4.69, 9.17) is 19.7 Å². The van der Waals surface area contributed by atoms with Crippen molar-refractivity contribution in [3.63, 3.8) is 0 Å². The monoisotopic (exact) mass is 353 g/mol. The second-order valence-corrected chi connectivity index (χ2v) is 5.85. The number of H-pyrrole nitrogens is 1. The zero-order chi connectivity index (χ0) is 18.1. The molecule has 1 aromatic heterocycles. The minimum absolute atomic E-state index is 0.0210. The Hall–Kier alpha value is -2.17. The van der Waals surface area contributed by atoms with Crippen molar-refractivity contribution in [1.82, 2.24) is 4.98 Å². The third-order valence-electron chi connectivity index (χ3n) is 4.19. The van der Waals surface area contributed by atoms with Crippen molar-refractivity contribution in [2.75, 3.05) is 6.61 Å².